The molecule has 0 heterocycles. The van der Waals surface area contributed by atoms with Gasteiger partial charge in [0.25, 0.3) is 0 Å². The van der Waals surface area contributed by atoms with Crippen LogP contribution >= 0.6 is 12.6 Å². The Morgan fingerprint density at radius 2 is 1.78 bits per heavy atom. The van der Waals surface area contributed by atoms with Crippen LogP contribution in [0.3, 0.4) is 0 Å². The summed E-state index contributed by atoms with van der Waals surface area (Å²) in [5.41, 5.74) is 0. The van der Waals surface area contributed by atoms with Gasteiger partial charge in [-0.2, -0.15) is 0 Å². The van der Waals surface area contributed by atoms with Crippen LogP contribution in [0.1, 0.15) is 12.8 Å². The third-order valence-electron chi connectivity index (χ3n) is 0.553. The number of carbonyl (C=O) groups excluding carboxylic acids is 1. The molecule has 3 nitrogen and oxygen atoms in total. The molecule has 5 heteroatoms. The van der Waals surface area contributed by atoms with Crippen molar-refractivity contribution >= 4 is 23.7 Å². The van der Waals surface area contributed by atoms with Crippen molar-refractivity contribution in [2.75, 3.05) is 0 Å². The molecule has 9 heavy (non-hydrogen) atoms. The van der Waals surface area contributed by atoms with Gasteiger partial charge in [0, 0.05) is 25.9 Å². The van der Waals surface area contributed by atoms with Crippen molar-refractivity contribution in [2.24, 2.45) is 0 Å². The minimum Gasteiger partial charge on any atom is -0.481 e. The molecule has 0 spiro atoms. The van der Waals surface area contributed by atoms with E-state index in [-0.39, 0.29) is 37.4 Å². The van der Waals surface area contributed by atoms with Crippen LogP contribution < -0.4 is 0 Å². The molecule has 0 aromatic carbocycles. The second-order valence-corrected chi connectivity index (χ2v) is 1.79. The van der Waals surface area contributed by atoms with E-state index in [1.165, 1.54) is 0 Å². The molecule has 0 saturated heterocycles. The molecule has 0 atom stereocenters. The van der Waals surface area contributed by atoms with E-state index in [1.807, 2.05) is 0 Å². The van der Waals surface area contributed by atoms with E-state index in [4.69, 9.17) is 5.11 Å². The second-order valence-electron chi connectivity index (χ2n) is 1.29. The van der Waals surface area contributed by atoms with E-state index in [9.17, 15) is 9.59 Å². The van der Waals surface area contributed by atoms with Crippen molar-refractivity contribution in [3.63, 3.8) is 0 Å². The molecule has 0 unspecified atom stereocenters. The molecule has 0 bridgehead atoms. The van der Waals surface area contributed by atoms with Crippen LogP contribution in [0.5, 0.6) is 0 Å². The Balaban J connectivity index is 0. The molecule has 0 aliphatic rings. The molecule has 0 aromatic heterocycles. The summed E-state index contributed by atoms with van der Waals surface area (Å²) in [5, 5.41) is 7.59. The smallest absolute Gasteiger partial charge is 0.303 e. The SMILES string of the molecule is O=C(O)CCC(=O)S.[Zn]. The van der Waals surface area contributed by atoms with Crippen molar-refractivity contribution < 1.29 is 34.2 Å². The van der Waals surface area contributed by atoms with Crippen molar-refractivity contribution in [1.29, 1.82) is 0 Å². The molecule has 48 valence electrons. The fraction of sp³-hybridized carbons (Fsp3) is 0.500. The maximum atomic E-state index is 9.95. The number of aliphatic carboxylic acids is 1. The summed E-state index contributed by atoms with van der Waals surface area (Å²) in [6.45, 7) is 0. The first-order valence-corrected chi connectivity index (χ1v) is 2.51. The first-order valence-electron chi connectivity index (χ1n) is 2.06. The molecule has 0 aliphatic heterocycles. The van der Waals surface area contributed by atoms with E-state index in [0.717, 1.165) is 0 Å². The number of carbonyl (C=O) groups is 2. The van der Waals surface area contributed by atoms with E-state index in [2.05, 4.69) is 12.6 Å². The van der Waals surface area contributed by atoms with E-state index in [1.54, 1.807) is 0 Å². The number of carboxylic acid groups (broad SMARTS) is 1. The van der Waals surface area contributed by atoms with Gasteiger partial charge < -0.3 is 5.11 Å². The number of hydrogen-bond donors (Lipinski definition) is 2. The Labute approximate surface area is 71.0 Å². The van der Waals surface area contributed by atoms with Crippen LogP contribution in [0.15, 0.2) is 0 Å². The van der Waals surface area contributed by atoms with Crippen LogP contribution in [0.25, 0.3) is 0 Å². The molecular weight excluding hydrogens is 193 g/mol. The fourth-order valence-corrected chi connectivity index (χ4v) is 0.326. The van der Waals surface area contributed by atoms with Gasteiger partial charge in [-0.3, -0.25) is 9.59 Å². The minimum absolute atomic E-state index is 0. The molecule has 0 aromatic rings. The molecular formula is C4H6O3SZn. The summed E-state index contributed by atoms with van der Waals surface area (Å²) >= 11 is 3.37. The van der Waals surface area contributed by atoms with Crippen molar-refractivity contribution in [2.45, 2.75) is 12.8 Å². The number of rotatable bonds is 3. The van der Waals surface area contributed by atoms with Crippen LogP contribution in [0.2, 0.25) is 0 Å². The fourth-order valence-electron chi connectivity index (χ4n) is 0.214. The third kappa shape index (κ3) is 11.6. The normalized spacial score (nSPS) is 7.67. The maximum Gasteiger partial charge on any atom is 0.303 e. The predicted molar refractivity (Wildman–Crippen MR) is 30.9 cm³/mol. The number of hydrogen-bond acceptors (Lipinski definition) is 2. The zero-order valence-corrected chi connectivity index (χ0v) is 8.69. The average Bonchev–Trinajstić information content (AvgIpc) is 1.61. The summed E-state index contributed by atoms with van der Waals surface area (Å²) in [7, 11) is 0. The Kier molecular flexibility index (Phi) is 8.22. The first-order chi connectivity index (χ1) is 3.63. The standard InChI is InChI=1S/C4H6O3S.Zn/c5-3(6)1-2-4(7)8;/h1-2H2,(H,5,6)(H,7,8);. The van der Waals surface area contributed by atoms with E-state index >= 15 is 0 Å². The molecule has 0 fully saturated rings. The van der Waals surface area contributed by atoms with Crippen LogP contribution in [-0.4, -0.2) is 16.2 Å². The van der Waals surface area contributed by atoms with Gasteiger partial charge in [0.05, 0.1) is 6.42 Å². The van der Waals surface area contributed by atoms with Gasteiger partial charge in [0.15, 0.2) is 5.12 Å². The molecule has 0 radical (unpaired) electrons. The zero-order chi connectivity index (χ0) is 6.57. The predicted octanol–water partition coefficient (Wildman–Crippen LogP) is 0.305. The minimum atomic E-state index is -0.965. The summed E-state index contributed by atoms with van der Waals surface area (Å²) in [5.74, 6) is -0.965. The van der Waals surface area contributed by atoms with Crippen molar-refractivity contribution in [1.82, 2.24) is 0 Å². The summed E-state index contributed by atoms with van der Waals surface area (Å²) in [6.07, 6.45) is -0.110. The van der Waals surface area contributed by atoms with Gasteiger partial charge in [-0.05, 0) is 0 Å². The van der Waals surface area contributed by atoms with E-state index in [0.29, 0.717) is 0 Å². The largest absolute Gasteiger partial charge is 0.481 e. The van der Waals surface area contributed by atoms with Crippen molar-refractivity contribution in [3.05, 3.63) is 0 Å². The summed E-state index contributed by atoms with van der Waals surface area (Å²) < 4.78 is 0. The zero-order valence-electron chi connectivity index (χ0n) is 4.83. The van der Waals surface area contributed by atoms with E-state index < -0.39 is 5.97 Å². The molecule has 0 aliphatic carbocycles. The monoisotopic (exact) mass is 198 g/mol. The molecule has 0 rings (SSSR count). The number of thiol groups is 1. The third-order valence-corrected chi connectivity index (χ3v) is 0.776. The van der Waals surface area contributed by atoms with Crippen LogP contribution in [0, 0.1) is 0 Å². The van der Waals surface area contributed by atoms with Gasteiger partial charge in [0.1, 0.15) is 0 Å². The maximum absolute atomic E-state index is 9.95. The summed E-state index contributed by atoms with van der Waals surface area (Å²) in [6, 6.07) is 0. The Hall–Kier alpha value is 0.113. The van der Waals surface area contributed by atoms with Gasteiger partial charge in [-0.1, -0.05) is 0 Å². The topological polar surface area (TPSA) is 54.4 Å². The van der Waals surface area contributed by atoms with Crippen molar-refractivity contribution in [3.8, 4) is 0 Å². The van der Waals surface area contributed by atoms with Gasteiger partial charge in [-0.25, -0.2) is 0 Å². The van der Waals surface area contributed by atoms with Crippen LogP contribution in [0.4, 0.5) is 0 Å². The second kappa shape index (κ2) is 6.24. The summed E-state index contributed by atoms with van der Waals surface area (Å²) in [4.78, 5) is 19.7. The Morgan fingerprint density at radius 1 is 1.33 bits per heavy atom. The Bertz CT molecular complexity index is 100. The van der Waals surface area contributed by atoms with Gasteiger partial charge in [0.2, 0.25) is 0 Å². The molecule has 0 saturated carbocycles. The Morgan fingerprint density at radius 3 is 1.89 bits per heavy atom. The average molecular weight is 200 g/mol. The van der Waals surface area contributed by atoms with Gasteiger partial charge >= 0.3 is 5.97 Å². The van der Waals surface area contributed by atoms with Crippen LogP contribution in [-0.2, 0) is 29.1 Å². The number of carboxylic acids is 1. The first kappa shape index (κ1) is 11.9. The molecule has 0 amide bonds. The quantitative estimate of drug-likeness (QED) is 0.508. The molecule has 1 N–H and O–H groups in total. The van der Waals surface area contributed by atoms with Gasteiger partial charge in [-0.15, -0.1) is 12.6 Å².